The lowest BCUT2D eigenvalue weighted by atomic mass is 10.2. The van der Waals surface area contributed by atoms with E-state index in [0.29, 0.717) is 0 Å². The summed E-state index contributed by atoms with van der Waals surface area (Å²) in [6, 6.07) is -1.36. The highest BCUT2D eigenvalue weighted by molar-refractivity contribution is 5.74. The Morgan fingerprint density at radius 1 is 1.70 bits per heavy atom. The zero-order valence-electron chi connectivity index (χ0n) is 5.20. The molecule has 58 valence electrons. The van der Waals surface area contributed by atoms with Gasteiger partial charge in [0.15, 0.2) is 6.04 Å². The first kappa shape index (κ1) is 7.43. The van der Waals surface area contributed by atoms with Gasteiger partial charge in [-0.05, 0) is 6.42 Å². The van der Waals surface area contributed by atoms with Gasteiger partial charge in [-0.15, -0.1) is 9.60 Å². The highest BCUT2D eigenvalue weighted by Crippen LogP contribution is 2.17. The lowest BCUT2D eigenvalue weighted by Gasteiger charge is -2.11. The quantitative estimate of drug-likeness (QED) is 0.488. The van der Waals surface area contributed by atoms with E-state index >= 15 is 0 Å². The maximum Gasteiger partial charge on any atom is 0.326 e. The topological polar surface area (TPSA) is 60.8 Å². The van der Waals surface area contributed by atoms with Crippen molar-refractivity contribution in [3.8, 4) is 0 Å². The largest absolute Gasteiger partial charge is 0.480 e. The number of aliphatic carboxylic acids is 1. The minimum atomic E-state index is -1.36. The number of nitrogens with zero attached hydrogens (tertiary/aromatic N) is 1. The predicted octanol–water partition coefficient (Wildman–Crippen LogP) is -0.609. The van der Waals surface area contributed by atoms with Crippen LogP contribution in [-0.4, -0.2) is 40.0 Å². The smallest absolute Gasteiger partial charge is 0.326 e. The number of halogens is 1. The molecule has 2 atom stereocenters. The van der Waals surface area contributed by atoms with Gasteiger partial charge in [-0.1, -0.05) is 0 Å². The molecule has 0 saturated carbocycles. The van der Waals surface area contributed by atoms with E-state index in [1.54, 1.807) is 0 Å². The van der Waals surface area contributed by atoms with E-state index in [2.05, 4.69) is 0 Å². The van der Waals surface area contributed by atoms with Crippen LogP contribution in [0.25, 0.3) is 0 Å². The molecule has 0 aromatic heterocycles. The van der Waals surface area contributed by atoms with Gasteiger partial charge in [0.25, 0.3) is 0 Å². The second-order valence-corrected chi connectivity index (χ2v) is 2.26. The Labute approximate surface area is 56.8 Å². The van der Waals surface area contributed by atoms with E-state index in [-0.39, 0.29) is 18.1 Å². The standard InChI is InChI=1S/C5H8FNO3/c6-7-2-1-3(8)4(7)5(9)10/h3-4,8H,1-2H2,(H,9,10). The monoisotopic (exact) mass is 149 g/mol. The molecule has 0 spiro atoms. The van der Waals surface area contributed by atoms with Gasteiger partial charge in [-0.25, -0.2) is 0 Å². The van der Waals surface area contributed by atoms with Crippen molar-refractivity contribution in [3.05, 3.63) is 0 Å². The van der Waals surface area contributed by atoms with Crippen molar-refractivity contribution in [2.45, 2.75) is 18.6 Å². The molecule has 5 heteroatoms. The Bertz CT molecular complexity index is 142. The summed E-state index contributed by atoms with van der Waals surface area (Å²) in [6.45, 7) is -0.00185. The van der Waals surface area contributed by atoms with Crippen LogP contribution >= 0.6 is 0 Å². The van der Waals surface area contributed by atoms with Crippen LogP contribution in [0, 0.1) is 0 Å². The molecule has 2 unspecified atom stereocenters. The lowest BCUT2D eigenvalue weighted by molar-refractivity contribution is -0.152. The third kappa shape index (κ3) is 1.10. The van der Waals surface area contributed by atoms with Crippen LogP contribution in [-0.2, 0) is 4.79 Å². The highest BCUT2D eigenvalue weighted by atomic mass is 19.2. The van der Waals surface area contributed by atoms with Crippen molar-refractivity contribution in [2.75, 3.05) is 6.54 Å². The van der Waals surface area contributed by atoms with E-state index in [1.807, 2.05) is 0 Å². The number of carboxylic acid groups (broad SMARTS) is 1. The van der Waals surface area contributed by atoms with Crippen molar-refractivity contribution >= 4 is 5.97 Å². The number of carboxylic acids is 1. The minimum absolute atomic E-state index is 0.00185. The maximum absolute atomic E-state index is 12.4. The molecule has 0 radical (unpaired) electrons. The Kier molecular flexibility index (Phi) is 1.87. The van der Waals surface area contributed by atoms with Crippen LogP contribution in [0.3, 0.4) is 0 Å². The molecular formula is C5H8FNO3. The summed E-state index contributed by atoms with van der Waals surface area (Å²) >= 11 is 0. The molecule has 1 aliphatic rings. The molecule has 1 saturated heterocycles. The van der Waals surface area contributed by atoms with Crippen molar-refractivity contribution < 1.29 is 19.5 Å². The van der Waals surface area contributed by atoms with Crippen LogP contribution in [0.15, 0.2) is 0 Å². The van der Waals surface area contributed by atoms with E-state index < -0.39 is 18.1 Å². The van der Waals surface area contributed by atoms with Crippen LogP contribution in [0.5, 0.6) is 0 Å². The highest BCUT2D eigenvalue weighted by Gasteiger charge is 2.38. The summed E-state index contributed by atoms with van der Waals surface area (Å²) < 4.78 is 12.4. The molecule has 0 bridgehead atoms. The van der Waals surface area contributed by atoms with Crippen molar-refractivity contribution in [2.24, 2.45) is 0 Å². The first-order valence-corrected chi connectivity index (χ1v) is 2.96. The average molecular weight is 149 g/mol. The first-order valence-electron chi connectivity index (χ1n) is 2.96. The van der Waals surface area contributed by atoms with E-state index in [1.165, 1.54) is 0 Å². The van der Waals surface area contributed by atoms with Gasteiger partial charge >= 0.3 is 5.97 Å². The van der Waals surface area contributed by atoms with Gasteiger partial charge in [-0.3, -0.25) is 4.79 Å². The third-order valence-electron chi connectivity index (χ3n) is 1.56. The van der Waals surface area contributed by atoms with Crippen LogP contribution in [0.2, 0.25) is 0 Å². The molecule has 2 N–H and O–H groups in total. The van der Waals surface area contributed by atoms with Crippen molar-refractivity contribution in [3.63, 3.8) is 0 Å². The van der Waals surface area contributed by atoms with Gasteiger partial charge in [0.05, 0.1) is 6.10 Å². The summed E-state index contributed by atoms with van der Waals surface area (Å²) in [5.41, 5.74) is 0. The molecule has 4 nitrogen and oxygen atoms in total. The third-order valence-corrected chi connectivity index (χ3v) is 1.56. The Balaban J connectivity index is 2.63. The second-order valence-electron chi connectivity index (χ2n) is 2.26. The summed E-state index contributed by atoms with van der Waals surface area (Å²) in [5, 5.41) is 17.3. The van der Waals surface area contributed by atoms with Crippen molar-refractivity contribution in [1.82, 2.24) is 5.12 Å². The maximum atomic E-state index is 12.4. The Hall–Kier alpha value is -0.680. The summed E-state index contributed by atoms with van der Waals surface area (Å²) in [7, 11) is 0. The Morgan fingerprint density at radius 2 is 2.30 bits per heavy atom. The molecular weight excluding hydrogens is 141 g/mol. The normalized spacial score (nSPS) is 34.6. The molecule has 1 fully saturated rings. The Morgan fingerprint density at radius 3 is 2.50 bits per heavy atom. The molecule has 1 aliphatic heterocycles. The summed E-state index contributed by atoms with van der Waals surface area (Å²) in [6.07, 6.45) is -0.879. The summed E-state index contributed by atoms with van der Waals surface area (Å²) in [4.78, 5) is 10.2. The van der Waals surface area contributed by atoms with Gasteiger partial charge in [0.2, 0.25) is 0 Å². The zero-order chi connectivity index (χ0) is 7.72. The molecule has 1 heterocycles. The molecule has 0 amide bonds. The van der Waals surface area contributed by atoms with Gasteiger partial charge < -0.3 is 10.2 Å². The number of hydrogen-bond acceptors (Lipinski definition) is 3. The number of carbonyl (C=O) groups is 1. The average Bonchev–Trinajstić information content (AvgIpc) is 2.11. The van der Waals surface area contributed by atoms with E-state index in [9.17, 15) is 9.28 Å². The fourth-order valence-corrected chi connectivity index (χ4v) is 1.02. The molecule has 0 aromatic rings. The van der Waals surface area contributed by atoms with Crippen LogP contribution in [0.1, 0.15) is 6.42 Å². The number of aliphatic hydroxyl groups is 1. The number of rotatable bonds is 1. The first-order chi connectivity index (χ1) is 4.63. The van der Waals surface area contributed by atoms with E-state index in [0.717, 1.165) is 0 Å². The van der Waals surface area contributed by atoms with Crippen LogP contribution < -0.4 is 0 Å². The summed E-state index contributed by atoms with van der Waals surface area (Å²) in [5.74, 6) is -1.31. The SMILES string of the molecule is O=C(O)C1C(O)CCN1F. The molecule has 1 rings (SSSR count). The minimum Gasteiger partial charge on any atom is -0.480 e. The second kappa shape index (κ2) is 2.51. The van der Waals surface area contributed by atoms with Crippen LogP contribution in [0.4, 0.5) is 4.48 Å². The lowest BCUT2D eigenvalue weighted by Crippen LogP contribution is -2.37. The number of aliphatic hydroxyl groups excluding tert-OH is 1. The predicted molar refractivity (Wildman–Crippen MR) is 29.9 cm³/mol. The fraction of sp³-hybridized carbons (Fsp3) is 0.800. The van der Waals surface area contributed by atoms with Crippen molar-refractivity contribution in [1.29, 1.82) is 0 Å². The van der Waals surface area contributed by atoms with Gasteiger partial charge in [-0.2, -0.15) is 0 Å². The molecule has 10 heavy (non-hydrogen) atoms. The molecule has 0 aliphatic carbocycles. The fourth-order valence-electron chi connectivity index (χ4n) is 1.02. The van der Waals surface area contributed by atoms with Gasteiger partial charge in [0, 0.05) is 6.54 Å². The van der Waals surface area contributed by atoms with Gasteiger partial charge in [0.1, 0.15) is 0 Å². The van der Waals surface area contributed by atoms with E-state index in [4.69, 9.17) is 10.2 Å². The zero-order valence-corrected chi connectivity index (χ0v) is 5.20. The number of hydrogen-bond donors (Lipinski definition) is 2. The molecule has 0 aromatic carbocycles.